The zero-order chi connectivity index (χ0) is 33.6. The van der Waals surface area contributed by atoms with Crippen LogP contribution in [0.2, 0.25) is 0 Å². The first-order valence-electron chi connectivity index (χ1n) is 17.2. The van der Waals surface area contributed by atoms with Gasteiger partial charge in [-0.15, -0.1) is 23.1 Å². The van der Waals surface area contributed by atoms with Gasteiger partial charge in [-0.25, -0.2) is 0 Å². The van der Waals surface area contributed by atoms with Gasteiger partial charge in [-0.05, 0) is 54.4 Å². The quantitative estimate of drug-likeness (QED) is 0.0865. The molecule has 47 heavy (non-hydrogen) atoms. The van der Waals surface area contributed by atoms with E-state index in [1.54, 1.807) is 0 Å². The fraction of sp³-hybridized carbons (Fsp3) is 0.419. The van der Waals surface area contributed by atoms with E-state index in [2.05, 4.69) is 107 Å². The molecule has 1 heterocycles. The van der Waals surface area contributed by atoms with Gasteiger partial charge in [0.05, 0.1) is 5.76 Å². The molecule has 4 heteroatoms. The number of ketones is 1. The van der Waals surface area contributed by atoms with Gasteiger partial charge in [-0.3, -0.25) is 4.79 Å². The fourth-order valence-electron chi connectivity index (χ4n) is 6.39. The van der Waals surface area contributed by atoms with Crippen molar-refractivity contribution >= 4 is 48.1 Å². The minimum Gasteiger partial charge on any atom is -0.512 e. The smallest absolute Gasteiger partial charge is 0.162 e. The molecule has 0 unspecified atom stereocenters. The number of carbonyl (C=O) groups is 1. The zero-order valence-corrected chi connectivity index (χ0v) is 32.9. The van der Waals surface area contributed by atoms with E-state index in [4.69, 9.17) is 0 Å². The van der Waals surface area contributed by atoms with Crippen LogP contribution in [0.4, 0.5) is 0 Å². The van der Waals surface area contributed by atoms with Gasteiger partial charge in [0.15, 0.2) is 5.78 Å². The second-order valence-corrected chi connectivity index (χ2v) is 15.0. The maximum Gasteiger partial charge on any atom is 0.162 e. The Balaban J connectivity index is 0.000000322. The molecule has 1 radical (unpaired) electrons. The Morgan fingerprint density at radius 2 is 1.47 bits per heavy atom. The van der Waals surface area contributed by atoms with E-state index in [0.29, 0.717) is 5.92 Å². The van der Waals surface area contributed by atoms with Gasteiger partial charge in [0.1, 0.15) is 0 Å². The normalized spacial score (nSPS) is 12.2. The van der Waals surface area contributed by atoms with Crippen LogP contribution in [0.3, 0.4) is 0 Å². The summed E-state index contributed by atoms with van der Waals surface area (Å²) in [5.41, 5.74) is 5.19. The molecule has 0 atom stereocenters. The Labute approximate surface area is 301 Å². The third-order valence-electron chi connectivity index (χ3n) is 9.10. The van der Waals surface area contributed by atoms with Gasteiger partial charge >= 0.3 is 0 Å². The van der Waals surface area contributed by atoms with Crippen LogP contribution in [-0.4, -0.2) is 10.9 Å². The molecule has 5 aromatic rings. The Hall–Kier alpha value is -2.78. The predicted molar refractivity (Wildman–Crippen MR) is 201 cm³/mol. The molecule has 1 N–H and O–H groups in total. The molecule has 0 aliphatic rings. The van der Waals surface area contributed by atoms with Gasteiger partial charge in [0.25, 0.3) is 0 Å². The second-order valence-electron chi connectivity index (χ2n) is 14.0. The molecule has 0 aliphatic heterocycles. The summed E-state index contributed by atoms with van der Waals surface area (Å²) < 4.78 is 2.74. The number of hydrogen-bond donors (Lipinski definition) is 1. The summed E-state index contributed by atoms with van der Waals surface area (Å²) in [6.07, 6.45) is 6.02. The van der Waals surface area contributed by atoms with Crippen LogP contribution in [-0.2, 0) is 36.7 Å². The zero-order valence-electron chi connectivity index (χ0n) is 29.7. The van der Waals surface area contributed by atoms with E-state index >= 15 is 0 Å². The molecule has 0 amide bonds. The number of carbonyl (C=O) groups excluding carboxylic acids is 1. The largest absolute Gasteiger partial charge is 0.512 e. The number of aliphatic hydroxyl groups is 1. The van der Waals surface area contributed by atoms with Crippen LogP contribution >= 0.6 is 11.3 Å². The third kappa shape index (κ3) is 9.02. The predicted octanol–water partition coefficient (Wildman–Crippen LogP) is 12.8. The summed E-state index contributed by atoms with van der Waals surface area (Å²) in [6.45, 7) is 19.5. The molecule has 2 nitrogen and oxygen atoms in total. The van der Waals surface area contributed by atoms with Gasteiger partial charge in [-0.1, -0.05) is 114 Å². The van der Waals surface area contributed by atoms with Crippen LogP contribution in [0.25, 0.3) is 42.1 Å². The number of thiophene rings is 1. The van der Waals surface area contributed by atoms with Crippen LogP contribution < -0.4 is 0 Å². The van der Waals surface area contributed by atoms with Crippen LogP contribution in [0.5, 0.6) is 0 Å². The van der Waals surface area contributed by atoms with Gasteiger partial charge in [0, 0.05) is 42.7 Å². The van der Waals surface area contributed by atoms with Crippen molar-refractivity contribution in [2.24, 2.45) is 17.8 Å². The molecule has 4 aromatic carbocycles. The van der Waals surface area contributed by atoms with E-state index in [9.17, 15) is 9.90 Å². The number of fused-ring (bicyclic) bond motifs is 4. The summed E-state index contributed by atoms with van der Waals surface area (Å²) in [6, 6.07) is 29.3. The van der Waals surface area contributed by atoms with Gasteiger partial charge < -0.3 is 5.11 Å². The number of rotatable bonds is 10. The van der Waals surface area contributed by atoms with E-state index in [1.165, 1.54) is 53.7 Å². The monoisotopic (exact) mass is 825 g/mol. The topological polar surface area (TPSA) is 37.3 Å². The maximum atomic E-state index is 11.7. The molecule has 0 saturated carbocycles. The van der Waals surface area contributed by atoms with Crippen LogP contribution in [0, 0.1) is 29.9 Å². The van der Waals surface area contributed by atoms with Crippen molar-refractivity contribution in [3.8, 4) is 11.1 Å². The minimum absolute atomic E-state index is 0. The van der Waals surface area contributed by atoms with Crippen molar-refractivity contribution in [1.29, 1.82) is 0 Å². The molecule has 1 aromatic heterocycles. The van der Waals surface area contributed by atoms with Crippen molar-refractivity contribution in [2.45, 2.75) is 99.8 Å². The van der Waals surface area contributed by atoms with Crippen molar-refractivity contribution in [3.63, 3.8) is 0 Å². The standard InChI is InChI=1S/C30H28S.C13H24O2.Ir/c1-19(2)16-21-11-8-14-25-26-15-9-13-24(29(26)31-28(21)25)22-17-20-10-6-7-12-23(20)27(18-22)30(3,4)5;1-5-10(6-2)12(14)9-13(15)11(7-3)8-4;/h6-12,14-15,18-19H,16H2,1-5H3;9-11,14H,5-8H2,1-4H3;/q-2;;/b;12-9-;. The van der Waals surface area contributed by atoms with E-state index in [1.807, 2.05) is 39.0 Å². The minimum atomic E-state index is 0. The molecule has 0 spiro atoms. The molecule has 5 rings (SSSR count). The first-order valence-corrected chi connectivity index (χ1v) is 18.0. The first-order chi connectivity index (χ1) is 21.9. The maximum absolute atomic E-state index is 11.7. The second kappa shape index (κ2) is 17.0. The van der Waals surface area contributed by atoms with Crippen molar-refractivity contribution in [3.05, 3.63) is 95.8 Å². The first kappa shape index (κ1) is 38.7. The summed E-state index contributed by atoms with van der Waals surface area (Å²) in [4.78, 5) is 11.7. The Morgan fingerprint density at radius 3 is 2.09 bits per heavy atom. The molecular weight excluding hydrogens is 773 g/mol. The molecule has 0 aliphatic carbocycles. The average molecular weight is 825 g/mol. The summed E-state index contributed by atoms with van der Waals surface area (Å²) in [5.74, 6) is 1.19. The molecule has 0 saturated heterocycles. The number of allylic oxidation sites excluding steroid dienone is 2. The van der Waals surface area contributed by atoms with Crippen molar-refractivity contribution in [2.75, 3.05) is 0 Å². The van der Waals surface area contributed by atoms with Gasteiger partial charge in [-0.2, -0.15) is 46.7 Å². The molecule has 253 valence electrons. The third-order valence-corrected chi connectivity index (χ3v) is 10.4. The molecule has 0 fully saturated rings. The average Bonchev–Trinajstić information content (AvgIpc) is 3.41. The SMILES string of the molecule is CC(C)Cc1cccc2c1sc1c(-c3[c-]c4ccccc4c(C(C)(C)C)c3)[c-]ccc12.CCC(CC)C(=O)/C=C(\O)C(CC)CC.[Ir]. The van der Waals surface area contributed by atoms with Crippen molar-refractivity contribution in [1.82, 2.24) is 0 Å². The van der Waals surface area contributed by atoms with E-state index < -0.39 is 0 Å². The molecular formula is C43H52IrO2S-2. The number of hydrogen-bond acceptors (Lipinski definition) is 3. The number of benzene rings is 4. The van der Waals surface area contributed by atoms with Crippen LogP contribution in [0.1, 0.15) is 99.1 Å². The summed E-state index contributed by atoms with van der Waals surface area (Å²) >= 11 is 1.92. The van der Waals surface area contributed by atoms with E-state index in [-0.39, 0.29) is 48.9 Å². The van der Waals surface area contributed by atoms with Crippen molar-refractivity contribution < 1.29 is 30.0 Å². The molecule has 0 bridgehead atoms. The Kier molecular flexibility index (Phi) is 14.0. The number of aliphatic hydroxyl groups excluding tert-OH is 1. The van der Waals surface area contributed by atoms with Gasteiger partial charge in [0.2, 0.25) is 0 Å². The van der Waals surface area contributed by atoms with E-state index in [0.717, 1.165) is 37.7 Å². The Bertz CT molecular complexity index is 1810. The van der Waals surface area contributed by atoms with Crippen LogP contribution in [0.15, 0.2) is 72.5 Å². The Morgan fingerprint density at radius 1 is 0.851 bits per heavy atom. The fourth-order valence-corrected chi connectivity index (χ4v) is 7.72. The summed E-state index contributed by atoms with van der Waals surface area (Å²) in [7, 11) is 0. The summed E-state index contributed by atoms with van der Waals surface area (Å²) in [5, 5.41) is 14.9.